The van der Waals surface area contributed by atoms with E-state index in [1.165, 1.54) is 57.4 Å². The third kappa shape index (κ3) is 4.21. The Morgan fingerprint density at radius 1 is 1.14 bits per heavy atom. The molecular formula is C18H29ClN2+2. The van der Waals surface area contributed by atoms with Crippen LogP contribution in [0, 0.1) is 5.92 Å². The molecule has 3 rings (SSSR count). The number of nitrogens with one attached hydrogen (secondary N) is 2. The molecule has 1 heterocycles. The number of hydrogen-bond donors (Lipinski definition) is 2. The van der Waals surface area contributed by atoms with Crippen LogP contribution in [0.25, 0.3) is 0 Å². The summed E-state index contributed by atoms with van der Waals surface area (Å²) in [5, 5.41) is 0.868. The highest BCUT2D eigenvalue weighted by Crippen LogP contribution is 2.21. The first-order valence-electron chi connectivity index (χ1n) is 8.63. The summed E-state index contributed by atoms with van der Waals surface area (Å²) in [7, 11) is 0. The summed E-state index contributed by atoms with van der Waals surface area (Å²) < 4.78 is 0. The zero-order valence-corrected chi connectivity index (χ0v) is 14.0. The van der Waals surface area contributed by atoms with Crippen LogP contribution in [0.1, 0.15) is 38.2 Å². The largest absolute Gasteiger partial charge is 0.323 e. The molecule has 2 fully saturated rings. The summed E-state index contributed by atoms with van der Waals surface area (Å²) in [6, 6.07) is 9.31. The topological polar surface area (TPSA) is 8.88 Å². The second-order valence-corrected chi connectivity index (χ2v) is 7.62. The number of rotatable bonds is 3. The summed E-state index contributed by atoms with van der Waals surface area (Å²) in [6.45, 7) is 8.90. The molecular weight excluding hydrogens is 280 g/mol. The fourth-order valence-corrected chi connectivity index (χ4v) is 4.46. The molecule has 1 aliphatic carbocycles. The Hall–Kier alpha value is -0.570. The normalized spacial score (nSPS) is 33.8. The first kappa shape index (κ1) is 15.3. The van der Waals surface area contributed by atoms with Crippen molar-refractivity contribution in [1.82, 2.24) is 0 Å². The molecule has 116 valence electrons. The van der Waals surface area contributed by atoms with Gasteiger partial charge in [0.1, 0.15) is 32.7 Å². The molecule has 2 atom stereocenters. The Bertz CT molecular complexity index is 454. The number of halogens is 1. The average Bonchev–Trinajstić information content (AvgIpc) is 2.48. The maximum absolute atomic E-state index is 6.09. The average molecular weight is 309 g/mol. The van der Waals surface area contributed by atoms with Gasteiger partial charge in [-0.25, -0.2) is 0 Å². The molecule has 0 amide bonds. The molecule has 2 aliphatic rings. The number of hydrogen-bond acceptors (Lipinski definition) is 0. The molecule has 2 nitrogen and oxygen atoms in total. The molecule has 1 saturated heterocycles. The Labute approximate surface area is 134 Å². The van der Waals surface area contributed by atoms with Crippen LogP contribution in [0.15, 0.2) is 24.3 Å². The van der Waals surface area contributed by atoms with E-state index in [0.29, 0.717) is 0 Å². The highest BCUT2D eigenvalue weighted by molar-refractivity contribution is 6.30. The van der Waals surface area contributed by atoms with Gasteiger partial charge < -0.3 is 9.80 Å². The second kappa shape index (κ2) is 7.13. The van der Waals surface area contributed by atoms with Crippen molar-refractivity contribution in [2.24, 2.45) is 5.92 Å². The number of benzene rings is 1. The Kier molecular flexibility index (Phi) is 5.20. The smallest absolute Gasteiger partial charge is 0.127 e. The van der Waals surface area contributed by atoms with Gasteiger partial charge in [0, 0.05) is 17.0 Å². The third-order valence-electron chi connectivity index (χ3n) is 5.46. The summed E-state index contributed by atoms with van der Waals surface area (Å²) in [5.74, 6) is 0.952. The lowest BCUT2D eigenvalue weighted by Gasteiger charge is -2.37. The summed E-state index contributed by atoms with van der Waals surface area (Å²) in [4.78, 5) is 3.61. The monoisotopic (exact) mass is 308 g/mol. The van der Waals surface area contributed by atoms with Gasteiger partial charge in [0.25, 0.3) is 0 Å². The molecule has 1 aromatic carbocycles. The number of piperazine rings is 1. The van der Waals surface area contributed by atoms with E-state index in [9.17, 15) is 0 Å². The fourth-order valence-electron chi connectivity index (χ4n) is 4.25. The van der Waals surface area contributed by atoms with Crippen molar-refractivity contribution in [3.05, 3.63) is 34.9 Å². The SMILES string of the molecule is C[C@@H]1CCC[C@@H]([NH+]2CC[NH+](Cc3cccc(Cl)c3)CC2)C1. The van der Waals surface area contributed by atoms with Crippen molar-refractivity contribution >= 4 is 11.6 Å². The maximum Gasteiger partial charge on any atom is 0.127 e. The van der Waals surface area contributed by atoms with Gasteiger partial charge in [0.2, 0.25) is 0 Å². The van der Waals surface area contributed by atoms with Gasteiger partial charge in [0.05, 0.1) is 6.04 Å². The van der Waals surface area contributed by atoms with Gasteiger partial charge in [0.15, 0.2) is 0 Å². The Morgan fingerprint density at radius 2 is 1.95 bits per heavy atom. The summed E-state index contributed by atoms with van der Waals surface area (Å²) >= 11 is 6.09. The van der Waals surface area contributed by atoms with Gasteiger partial charge >= 0.3 is 0 Å². The minimum Gasteiger partial charge on any atom is -0.323 e. The summed E-state index contributed by atoms with van der Waals surface area (Å²) in [5.41, 5.74) is 1.38. The molecule has 21 heavy (non-hydrogen) atoms. The van der Waals surface area contributed by atoms with Crippen molar-refractivity contribution in [1.29, 1.82) is 0 Å². The van der Waals surface area contributed by atoms with E-state index in [1.54, 1.807) is 4.90 Å². The molecule has 0 aromatic heterocycles. The van der Waals surface area contributed by atoms with Gasteiger partial charge in [-0.05, 0) is 30.9 Å². The van der Waals surface area contributed by atoms with E-state index in [2.05, 4.69) is 25.1 Å². The molecule has 0 spiro atoms. The lowest BCUT2D eigenvalue weighted by molar-refractivity contribution is -1.03. The first-order valence-corrected chi connectivity index (χ1v) is 9.01. The Balaban J connectivity index is 1.48. The molecule has 0 radical (unpaired) electrons. The third-order valence-corrected chi connectivity index (χ3v) is 5.69. The van der Waals surface area contributed by atoms with Gasteiger partial charge in [-0.3, -0.25) is 0 Å². The van der Waals surface area contributed by atoms with Crippen LogP contribution in [0.2, 0.25) is 5.02 Å². The standard InChI is InChI=1S/C18H27ClN2/c1-15-4-2-7-18(12-15)21-10-8-20(9-11-21)14-16-5-3-6-17(19)13-16/h3,5-6,13,15,18H,2,4,7-12,14H2,1H3/p+2/t15-,18-/m1/s1. The van der Waals surface area contributed by atoms with Crippen molar-refractivity contribution in [2.75, 3.05) is 26.2 Å². The van der Waals surface area contributed by atoms with E-state index >= 15 is 0 Å². The second-order valence-electron chi connectivity index (χ2n) is 7.18. The van der Waals surface area contributed by atoms with Crippen LogP contribution < -0.4 is 9.80 Å². The zero-order chi connectivity index (χ0) is 14.7. The fraction of sp³-hybridized carbons (Fsp3) is 0.667. The molecule has 0 unspecified atom stereocenters. The predicted octanol–water partition coefficient (Wildman–Crippen LogP) is 1.20. The van der Waals surface area contributed by atoms with E-state index in [0.717, 1.165) is 23.5 Å². The van der Waals surface area contributed by atoms with Crippen molar-refractivity contribution in [3.63, 3.8) is 0 Å². The molecule has 3 heteroatoms. The maximum atomic E-state index is 6.09. The molecule has 0 bridgehead atoms. The van der Waals surface area contributed by atoms with Gasteiger partial charge in [-0.1, -0.05) is 37.1 Å². The van der Waals surface area contributed by atoms with Crippen LogP contribution in [0.5, 0.6) is 0 Å². The van der Waals surface area contributed by atoms with Crippen LogP contribution >= 0.6 is 11.6 Å². The van der Waals surface area contributed by atoms with Crippen LogP contribution in [0.4, 0.5) is 0 Å². The Morgan fingerprint density at radius 3 is 2.67 bits per heavy atom. The van der Waals surface area contributed by atoms with E-state index in [-0.39, 0.29) is 0 Å². The van der Waals surface area contributed by atoms with Crippen LogP contribution in [-0.2, 0) is 6.54 Å². The number of quaternary nitrogens is 2. The highest BCUT2D eigenvalue weighted by atomic mass is 35.5. The molecule has 1 aromatic rings. The van der Waals surface area contributed by atoms with E-state index < -0.39 is 0 Å². The quantitative estimate of drug-likeness (QED) is 0.830. The lowest BCUT2D eigenvalue weighted by atomic mass is 9.86. The lowest BCUT2D eigenvalue weighted by Crippen LogP contribution is -3.29. The van der Waals surface area contributed by atoms with Crippen molar-refractivity contribution in [2.45, 2.75) is 45.2 Å². The van der Waals surface area contributed by atoms with Crippen LogP contribution in [-0.4, -0.2) is 32.2 Å². The minimum absolute atomic E-state index is 0.868. The van der Waals surface area contributed by atoms with Gasteiger partial charge in [-0.15, -0.1) is 0 Å². The van der Waals surface area contributed by atoms with Crippen molar-refractivity contribution in [3.8, 4) is 0 Å². The van der Waals surface area contributed by atoms with E-state index in [4.69, 9.17) is 11.6 Å². The first-order chi connectivity index (χ1) is 10.2. The summed E-state index contributed by atoms with van der Waals surface area (Å²) in [6.07, 6.45) is 5.83. The molecule has 1 aliphatic heterocycles. The molecule has 2 N–H and O–H groups in total. The zero-order valence-electron chi connectivity index (χ0n) is 13.2. The predicted molar refractivity (Wildman–Crippen MR) is 88.0 cm³/mol. The van der Waals surface area contributed by atoms with Crippen LogP contribution in [0.3, 0.4) is 0 Å². The molecule has 1 saturated carbocycles. The highest BCUT2D eigenvalue weighted by Gasteiger charge is 2.32. The van der Waals surface area contributed by atoms with E-state index in [1.807, 2.05) is 11.0 Å². The minimum atomic E-state index is 0.868. The van der Waals surface area contributed by atoms with Crippen molar-refractivity contribution < 1.29 is 9.80 Å². The van der Waals surface area contributed by atoms with Gasteiger partial charge in [-0.2, -0.15) is 0 Å².